The first-order chi connectivity index (χ1) is 22.1. The molecule has 2 N–H and O–H groups in total. The molecule has 46 heavy (non-hydrogen) atoms. The number of aromatic carboxylic acids is 2. The van der Waals surface area contributed by atoms with Crippen LogP contribution in [0.3, 0.4) is 0 Å². The zero-order valence-corrected chi connectivity index (χ0v) is 26.5. The highest BCUT2D eigenvalue weighted by molar-refractivity contribution is 8.05. The van der Waals surface area contributed by atoms with Crippen molar-refractivity contribution in [2.45, 2.75) is 39.2 Å². The van der Waals surface area contributed by atoms with Crippen LogP contribution in [0, 0.1) is 20.2 Å². The van der Waals surface area contributed by atoms with Gasteiger partial charge in [-0.25, -0.2) is 9.59 Å². The average Bonchev–Trinajstić information content (AvgIpc) is 3.04. The Bertz CT molecular complexity index is 1800. The van der Waals surface area contributed by atoms with Crippen molar-refractivity contribution in [2.24, 2.45) is 0 Å². The lowest BCUT2D eigenvalue weighted by Crippen LogP contribution is -2.14. The summed E-state index contributed by atoms with van der Waals surface area (Å²) in [5.74, 6) is -2.95. The van der Waals surface area contributed by atoms with Crippen molar-refractivity contribution in [1.82, 2.24) is 0 Å². The monoisotopic (exact) mass is 688 g/mol. The molecule has 0 aromatic heterocycles. The summed E-state index contributed by atoms with van der Waals surface area (Å²) in [7, 11) is 0. The Morgan fingerprint density at radius 2 is 0.739 bits per heavy atom. The third kappa shape index (κ3) is 7.54. The lowest BCUT2D eigenvalue weighted by atomic mass is 10.1. The van der Waals surface area contributed by atoms with Gasteiger partial charge in [-0.2, -0.15) is 0 Å². The molecular weight excluding hydrogens is 669 g/mol. The van der Waals surface area contributed by atoms with Gasteiger partial charge in [-0.15, -0.1) is 0 Å². The fraction of sp³-hybridized carbons (Fsp3) is 0. The Hall–Kier alpha value is -4.76. The summed E-state index contributed by atoms with van der Waals surface area (Å²) in [5, 5.41) is 43.7. The minimum absolute atomic E-state index is 0.150. The Labute approximate surface area is 278 Å². The van der Waals surface area contributed by atoms with Crippen molar-refractivity contribution in [3.63, 3.8) is 0 Å². The molecule has 0 heterocycles. The number of carboxylic acids is 2. The van der Waals surface area contributed by atoms with E-state index in [-0.39, 0.29) is 21.2 Å². The van der Waals surface area contributed by atoms with Gasteiger partial charge in [-0.05, 0) is 48.5 Å². The van der Waals surface area contributed by atoms with E-state index >= 15 is 0 Å². The third-order valence-corrected chi connectivity index (χ3v) is 11.1. The number of nitrogens with zero attached hydrogens (tertiary/aromatic N) is 2. The number of hydrogen-bond donors (Lipinski definition) is 2. The maximum absolute atomic E-state index is 13.0. The van der Waals surface area contributed by atoms with Gasteiger partial charge in [0.1, 0.15) is 0 Å². The number of rotatable bonds is 12. The van der Waals surface area contributed by atoms with Gasteiger partial charge in [0.2, 0.25) is 0 Å². The number of carbonyl (C=O) groups is 2. The molecular formula is C32H20N2O8S4. The maximum atomic E-state index is 13.0. The molecule has 0 fully saturated rings. The van der Waals surface area contributed by atoms with E-state index in [2.05, 4.69) is 0 Å². The third-order valence-electron chi connectivity index (χ3n) is 6.21. The number of hydrogen-bond acceptors (Lipinski definition) is 10. The van der Waals surface area contributed by atoms with Crippen LogP contribution >= 0.6 is 47.0 Å². The fourth-order valence-corrected chi connectivity index (χ4v) is 8.87. The van der Waals surface area contributed by atoms with Gasteiger partial charge in [0, 0.05) is 63.4 Å². The summed E-state index contributed by atoms with van der Waals surface area (Å²) in [5.41, 5.74) is -1.20. The van der Waals surface area contributed by atoms with Crippen LogP contribution in [0.4, 0.5) is 11.4 Å². The van der Waals surface area contributed by atoms with Crippen LogP contribution in [-0.2, 0) is 0 Å². The molecule has 0 bridgehead atoms. The average molecular weight is 689 g/mol. The van der Waals surface area contributed by atoms with E-state index in [4.69, 9.17) is 0 Å². The number of nitro benzene ring substituents is 2. The molecule has 0 radical (unpaired) electrons. The van der Waals surface area contributed by atoms with Crippen LogP contribution in [0.5, 0.6) is 0 Å². The van der Waals surface area contributed by atoms with E-state index in [1.54, 1.807) is 0 Å². The Balaban J connectivity index is 1.83. The van der Waals surface area contributed by atoms with Gasteiger partial charge < -0.3 is 10.2 Å². The summed E-state index contributed by atoms with van der Waals surface area (Å²) in [6.45, 7) is 0. The van der Waals surface area contributed by atoms with Gasteiger partial charge in [0.05, 0.1) is 21.0 Å². The van der Waals surface area contributed by atoms with Gasteiger partial charge >= 0.3 is 11.9 Å². The predicted molar refractivity (Wildman–Crippen MR) is 176 cm³/mol. The summed E-state index contributed by atoms with van der Waals surface area (Å²) >= 11 is 4.52. The Morgan fingerprint density at radius 1 is 0.457 bits per heavy atom. The Kier molecular flexibility index (Phi) is 10.3. The van der Waals surface area contributed by atoms with E-state index in [1.807, 2.05) is 60.7 Å². The molecule has 0 aliphatic heterocycles. The van der Waals surface area contributed by atoms with Gasteiger partial charge in [0.25, 0.3) is 11.4 Å². The quantitative estimate of drug-likeness (QED) is 0.0945. The molecule has 0 aliphatic rings. The molecule has 0 aliphatic carbocycles. The number of nitro groups is 2. The molecule has 5 aromatic rings. The van der Waals surface area contributed by atoms with E-state index in [0.29, 0.717) is 19.6 Å². The van der Waals surface area contributed by atoms with Crippen LogP contribution in [0.1, 0.15) is 20.7 Å². The van der Waals surface area contributed by atoms with Gasteiger partial charge in [-0.3, -0.25) is 20.2 Å². The van der Waals surface area contributed by atoms with E-state index in [1.165, 1.54) is 72.1 Å². The molecule has 5 rings (SSSR count). The van der Waals surface area contributed by atoms with Crippen LogP contribution < -0.4 is 0 Å². The van der Waals surface area contributed by atoms with Crippen molar-refractivity contribution in [1.29, 1.82) is 0 Å². The van der Waals surface area contributed by atoms with Crippen LogP contribution in [-0.4, -0.2) is 32.0 Å². The molecule has 14 heteroatoms. The smallest absolute Gasteiger partial charge is 0.337 e. The SMILES string of the molecule is O=C(O)c1c(Sc2ccc([N+](=O)[O-])cc2)c(Sc2ccccc2)c(Sc2ccccc2)c(Sc2ccc([N+](=O)[O-])cc2)c1C(=O)O. The van der Waals surface area contributed by atoms with E-state index < -0.39 is 32.9 Å². The number of non-ortho nitro benzene ring substituents is 2. The summed E-state index contributed by atoms with van der Waals surface area (Å²) in [4.78, 5) is 51.1. The topological polar surface area (TPSA) is 161 Å². The second kappa shape index (κ2) is 14.6. The fourth-order valence-electron chi connectivity index (χ4n) is 4.17. The maximum Gasteiger partial charge on any atom is 0.337 e. The van der Waals surface area contributed by atoms with Gasteiger partial charge in [-0.1, -0.05) is 83.4 Å². The van der Waals surface area contributed by atoms with E-state index in [9.17, 15) is 40.0 Å². The summed E-state index contributed by atoms with van der Waals surface area (Å²) in [6.07, 6.45) is 0. The van der Waals surface area contributed by atoms with E-state index in [0.717, 1.165) is 33.3 Å². The molecule has 0 unspecified atom stereocenters. The highest BCUT2D eigenvalue weighted by Gasteiger charge is 2.33. The predicted octanol–water partition coefficient (Wildman–Crippen LogP) is 9.50. The zero-order valence-electron chi connectivity index (χ0n) is 23.3. The van der Waals surface area contributed by atoms with Crippen molar-refractivity contribution < 1.29 is 29.6 Å². The highest BCUT2D eigenvalue weighted by atomic mass is 32.2. The molecule has 230 valence electrons. The van der Waals surface area contributed by atoms with Crippen LogP contribution in [0.2, 0.25) is 0 Å². The summed E-state index contributed by atoms with van der Waals surface area (Å²) in [6, 6.07) is 29.5. The minimum Gasteiger partial charge on any atom is -0.478 e. The molecule has 0 atom stereocenters. The highest BCUT2D eigenvalue weighted by Crippen LogP contribution is 2.54. The largest absolute Gasteiger partial charge is 0.478 e. The summed E-state index contributed by atoms with van der Waals surface area (Å²) < 4.78 is 0. The van der Waals surface area contributed by atoms with Gasteiger partial charge in [0.15, 0.2) is 0 Å². The Morgan fingerprint density at radius 3 is 1.02 bits per heavy atom. The lowest BCUT2D eigenvalue weighted by Gasteiger charge is -2.23. The molecule has 0 amide bonds. The number of carboxylic acid groups (broad SMARTS) is 2. The molecule has 10 nitrogen and oxygen atoms in total. The standard InChI is InChI=1S/C32H20N2O8S4/c35-31(36)25-26(32(37)38)28(44-24-17-13-20(14-18-24)34(41)42)30(46-22-9-5-2-6-10-22)29(45-21-7-3-1-4-8-21)27(25)43-23-15-11-19(12-16-23)33(39)40/h1-18H,(H,35,36)(H,37,38). The normalized spacial score (nSPS) is 10.8. The first kappa shape index (κ1) is 32.6. The first-order valence-corrected chi connectivity index (χ1v) is 16.4. The molecule has 0 saturated carbocycles. The molecule has 0 saturated heterocycles. The number of benzene rings is 5. The molecule has 0 spiro atoms. The second-order valence-corrected chi connectivity index (χ2v) is 13.5. The van der Waals surface area contributed by atoms with Crippen molar-refractivity contribution in [3.05, 3.63) is 141 Å². The minimum atomic E-state index is -1.47. The van der Waals surface area contributed by atoms with Crippen molar-refractivity contribution >= 4 is 70.4 Å². The zero-order chi connectivity index (χ0) is 32.8. The van der Waals surface area contributed by atoms with Crippen LogP contribution in [0.15, 0.2) is 148 Å². The molecule has 5 aromatic carbocycles. The lowest BCUT2D eigenvalue weighted by molar-refractivity contribution is -0.385. The first-order valence-electron chi connectivity index (χ1n) is 13.1. The van der Waals surface area contributed by atoms with Crippen molar-refractivity contribution in [2.75, 3.05) is 0 Å². The van der Waals surface area contributed by atoms with Crippen molar-refractivity contribution in [3.8, 4) is 0 Å². The second-order valence-electron chi connectivity index (χ2n) is 9.21. The van der Waals surface area contributed by atoms with Crippen LogP contribution in [0.25, 0.3) is 0 Å².